The number of rotatable bonds is 2. The van der Waals surface area contributed by atoms with Crippen LogP contribution < -0.4 is 5.73 Å². The maximum atomic E-state index is 11.6. The molecule has 23 heavy (non-hydrogen) atoms. The van der Waals surface area contributed by atoms with Gasteiger partial charge in [0.25, 0.3) is 0 Å². The van der Waals surface area contributed by atoms with Crippen LogP contribution in [-0.2, 0) is 11.3 Å². The molecule has 1 aromatic heterocycles. The van der Waals surface area contributed by atoms with Gasteiger partial charge in [0.05, 0.1) is 11.2 Å². The number of carbonyl (C=O) groups is 1. The van der Waals surface area contributed by atoms with E-state index < -0.39 is 0 Å². The zero-order chi connectivity index (χ0) is 16.0. The maximum absolute atomic E-state index is 11.6. The summed E-state index contributed by atoms with van der Waals surface area (Å²) in [6.45, 7) is 0.583. The fourth-order valence-electron chi connectivity index (χ4n) is 3.17. The number of amides is 1. The number of nitrogens with zero attached hydrogens (tertiary/aromatic N) is 3. The van der Waals surface area contributed by atoms with E-state index in [9.17, 15) is 4.79 Å². The van der Waals surface area contributed by atoms with E-state index in [4.69, 9.17) is 5.73 Å². The molecule has 1 unspecified atom stereocenters. The smallest absolute Gasteiger partial charge is 0.220 e. The van der Waals surface area contributed by atoms with Crippen molar-refractivity contribution in [1.29, 1.82) is 0 Å². The number of fused-ring (bicyclic) bond motifs is 2. The molecule has 4 rings (SSSR count). The molecule has 5 nitrogen and oxygen atoms in total. The van der Waals surface area contributed by atoms with Crippen LogP contribution >= 0.6 is 22.6 Å². The highest BCUT2D eigenvalue weighted by Crippen LogP contribution is 2.39. The Morgan fingerprint density at radius 1 is 1.22 bits per heavy atom. The average molecular weight is 416 g/mol. The Kier molecular flexibility index (Phi) is 3.41. The first-order valence-corrected chi connectivity index (χ1v) is 8.27. The maximum Gasteiger partial charge on any atom is 0.220 e. The Hall–Kier alpha value is -2.22. The van der Waals surface area contributed by atoms with E-state index in [2.05, 4.69) is 32.6 Å². The second kappa shape index (κ2) is 5.45. The summed E-state index contributed by atoms with van der Waals surface area (Å²) >= 11 is 2.26. The van der Waals surface area contributed by atoms with Gasteiger partial charge in [-0.25, -0.2) is 9.97 Å². The molecule has 1 amide bonds. The van der Waals surface area contributed by atoms with Gasteiger partial charge in [-0.15, -0.1) is 0 Å². The molecule has 0 aliphatic carbocycles. The quantitative estimate of drug-likeness (QED) is 0.515. The van der Waals surface area contributed by atoms with Crippen molar-refractivity contribution in [3.05, 3.63) is 62.9 Å². The summed E-state index contributed by atoms with van der Waals surface area (Å²) in [5.74, 6) is 0.226. The number of halogens is 1. The molecule has 114 valence electrons. The van der Waals surface area contributed by atoms with Gasteiger partial charge in [-0.1, -0.05) is 24.3 Å². The van der Waals surface area contributed by atoms with E-state index in [0.717, 1.165) is 37.7 Å². The van der Waals surface area contributed by atoms with Crippen LogP contribution in [0.4, 0.5) is 5.95 Å². The zero-order valence-electron chi connectivity index (χ0n) is 12.1. The summed E-state index contributed by atoms with van der Waals surface area (Å²) in [6, 6.07) is 13.8. The third-order valence-corrected chi connectivity index (χ3v) is 4.80. The number of hydrogen-bond acceptors (Lipinski definition) is 4. The molecule has 1 aliphatic rings. The predicted octanol–water partition coefficient (Wildman–Crippen LogP) is 2.88. The largest absolute Gasteiger partial charge is 0.368 e. The molecule has 3 aromatic rings. The normalized spacial score (nSPS) is 16.6. The van der Waals surface area contributed by atoms with Gasteiger partial charge < -0.3 is 10.6 Å². The van der Waals surface area contributed by atoms with Gasteiger partial charge in [0.2, 0.25) is 12.4 Å². The predicted molar refractivity (Wildman–Crippen MR) is 96.6 cm³/mol. The number of nitrogen functional groups attached to an aromatic ring is 1. The minimum absolute atomic E-state index is 0.226. The number of nitrogens with two attached hydrogens (primary N) is 1. The number of aromatic nitrogens is 2. The second-order valence-electron chi connectivity index (χ2n) is 5.51. The molecule has 0 radical (unpaired) electrons. The highest BCUT2D eigenvalue weighted by Gasteiger charge is 2.32. The molecule has 0 saturated carbocycles. The van der Waals surface area contributed by atoms with Gasteiger partial charge in [0, 0.05) is 15.5 Å². The lowest BCUT2D eigenvalue weighted by molar-refractivity contribution is -0.119. The Morgan fingerprint density at radius 2 is 2.04 bits per heavy atom. The highest BCUT2D eigenvalue weighted by atomic mass is 127. The van der Waals surface area contributed by atoms with Crippen molar-refractivity contribution >= 4 is 45.9 Å². The lowest BCUT2D eigenvalue weighted by atomic mass is 9.99. The molecule has 1 atom stereocenters. The first kappa shape index (κ1) is 14.4. The standard InChI is InChI=1S/C17H13IN4O/c18-11-5-6-14-13(7-11)15(21-17(19)20-14)16-12-4-2-1-3-10(12)8-22(16)9-23/h1-7,9,16H,8H2,(H2,19,20,21). The van der Waals surface area contributed by atoms with E-state index in [0.29, 0.717) is 6.54 Å². The van der Waals surface area contributed by atoms with Crippen LogP contribution in [0.5, 0.6) is 0 Å². The van der Waals surface area contributed by atoms with Crippen LogP contribution in [-0.4, -0.2) is 21.3 Å². The van der Waals surface area contributed by atoms with Gasteiger partial charge in [-0.2, -0.15) is 0 Å². The van der Waals surface area contributed by atoms with Crippen molar-refractivity contribution in [2.75, 3.05) is 5.73 Å². The van der Waals surface area contributed by atoms with Crippen molar-refractivity contribution in [2.45, 2.75) is 12.6 Å². The lowest BCUT2D eigenvalue weighted by Crippen LogP contribution is -2.22. The van der Waals surface area contributed by atoms with E-state index in [1.165, 1.54) is 0 Å². The SMILES string of the molecule is Nc1nc(C2c3ccccc3CN2C=O)c2cc(I)ccc2n1. The summed E-state index contributed by atoms with van der Waals surface area (Å²) < 4.78 is 1.09. The Bertz CT molecular complexity index is 928. The summed E-state index contributed by atoms with van der Waals surface area (Å²) in [5, 5.41) is 0.930. The first-order valence-electron chi connectivity index (χ1n) is 7.19. The second-order valence-corrected chi connectivity index (χ2v) is 6.75. The Labute approximate surface area is 146 Å². The molecule has 0 bridgehead atoms. The van der Waals surface area contributed by atoms with Crippen LogP contribution in [0.15, 0.2) is 42.5 Å². The van der Waals surface area contributed by atoms with Crippen molar-refractivity contribution in [1.82, 2.24) is 14.9 Å². The number of carbonyl (C=O) groups excluding carboxylic acids is 1. The van der Waals surface area contributed by atoms with Crippen molar-refractivity contribution in [3.63, 3.8) is 0 Å². The summed E-state index contributed by atoms with van der Waals surface area (Å²) in [6.07, 6.45) is 0.878. The molecule has 2 heterocycles. The Balaban J connectivity index is 2.01. The van der Waals surface area contributed by atoms with Crippen molar-refractivity contribution < 1.29 is 4.79 Å². The van der Waals surface area contributed by atoms with E-state index in [-0.39, 0.29) is 12.0 Å². The third-order valence-electron chi connectivity index (χ3n) is 4.13. The Morgan fingerprint density at radius 3 is 2.87 bits per heavy atom. The van der Waals surface area contributed by atoms with Crippen LogP contribution in [0.1, 0.15) is 22.9 Å². The van der Waals surface area contributed by atoms with Gasteiger partial charge in [0.15, 0.2) is 0 Å². The molecular weight excluding hydrogens is 403 g/mol. The van der Waals surface area contributed by atoms with Crippen LogP contribution in [0.3, 0.4) is 0 Å². The fourth-order valence-corrected chi connectivity index (χ4v) is 3.66. The monoisotopic (exact) mass is 416 g/mol. The van der Waals surface area contributed by atoms with Crippen LogP contribution in [0, 0.1) is 3.57 Å². The third kappa shape index (κ3) is 2.33. The van der Waals surface area contributed by atoms with Gasteiger partial charge >= 0.3 is 0 Å². The van der Waals surface area contributed by atoms with E-state index in [1.54, 1.807) is 4.90 Å². The van der Waals surface area contributed by atoms with Gasteiger partial charge in [-0.05, 0) is 51.9 Å². The number of anilines is 1. The van der Waals surface area contributed by atoms with Crippen molar-refractivity contribution in [2.24, 2.45) is 0 Å². The van der Waals surface area contributed by atoms with Crippen LogP contribution in [0.2, 0.25) is 0 Å². The minimum atomic E-state index is -0.227. The molecule has 0 saturated heterocycles. The topological polar surface area (TPSA) is 72.1 Å². The molecule has 1 aliphatic heterocycles. The lowest BCUT2D eigenvalue weighted by Gasteiger charge is -2.22. The van der Waals surface area contributed by atoms with Crippen LogP contribution in [0.25, 0.3) is 10.9 Å². The number of hydrogen-bond donors (Lipinski definition) is 1. The molecule has 0 spiro atoms. The zero-order valence-corrected chi connectivity index (χ0v) is 14.3. The van der Waals surface area contributed by atoms with Gasteiger partial charge in [-0.3, -0.25) is 4.79 Å². The number of benzene rings is 2. The average Bonchev–Trinajstić information content (AvgIpc) is 2.93. The molecule has 2 aromatic carbocycles. The minimum Gasteiger partial charge on any atom is -0.368 e. The molecule has 0 fully saturated rings. The fraction of sp³-hybridized carbons (Fsp3) is 0.118. The van der Waals surface area contributed by atoms with E-state index >= 15 is 0 Å². The molecular formula is C17H13IN4O. The molecule has 6 heteroatoms. The first-order chi connectivity index (χ1) is 11.2. The summed E-state index contributed by atoms with van der Waals surface area (Å²) in [4.78, 5) is 22.1. The summed E-state index contributed by atoms with van der Waals surface area (Å²) in [5.41, 5.74) is 9.72. The van der Waals surface area contributed by atoms with Crippen molar-refractivity contribution in [3.8, 4) is 0 Å². The molecule has 2 N–H and O–H groups in total. The highest BCUT2D eigenvalue weighted by molar-refractivity contribution is 14.1. The van der Waals surface area contributed by atoms with E-state index in [1.807, 2.05) is 42.5 Å². The summed E-state index contributed by atoms with van der Waals surface area (Å²) in [7, 11) is 0. The van der Waals surface area contributed by atoms with Gasteiger partial charge in [0.1, 0.15) is 6.04 Å².